The lowest BCUT2D eigenvalue weighted by Gasteiger charge is -2.06. The number of aromatic nitrogens is 1. The highest BCUT2D eigenvalue weighted by atomic mass is 79.9. The van der Waals surface area contributed by atoms with Gasteiger partial charge < -0.3 is 10.2 Å². The second kappa shape index (κ2) is 5.38. The Kier molecular flexibility index (Phi) is 3.59. The highest BCUT2D eigenvalue weighted by Crippen LogP contribution is 2.31. The van der Waals surface area contributed by atoms with Crippen molar-refractivity contribution in [3.05, 3.63) is 52.8 Å². The van der Waals surface area contributed by atoms with Crippen molar-refractivity contribution in [2.75, 3.05) is 0 Å². The first-order valence-electron chi connectivity index (χ1n) is 6.59. The van der Waals surface area contributed by atoms with Crippen molar-refractivity contribution in [1.29, 1.82) is 0 Å². The quantitative estimate of drug-likeness (QED) is 0.759. The number of furan rings is 1. The van der Waals surface area contributed by atoms with Crippen LogP contribution >= 0.6 is 15.9 Å². The van der Waals surface area contributed by atoms with Crippen LogP contribution in [-0.4, -0.2) is 4.98 Å². The van der Waals surface area contributed by atoms with Crippen LogP contribution in [0.1, 0.15) is 25.1 Å². The van der Waals surface area contributed by atoms with Crippen LogP contribution in [0.15, 0.2) is 51.5 Å². The van der Waals surface area contributed by atoms with Gasteiger partial charge in [0.1, 0.15) is 11.5 Å². The summed E-state index contributed by atoms with van der Waals surface area (Å²) < 4.78 is 6.85. The Hall–Kier alpha value is -1.65. The molecule has 3 nitrogen and oxygen atoms in total. The van der Waals surface area contributed by atoms with E-state index in [9.17, 15) is 0 Å². The lowest BCUT2D eigenvalue weighted by molar-refractivity contribution is 0.470. The number of rotatable bonds is 3. The third kappa shape index (κ3) is 2.37. The fourth-order valence-electron chi connectivity index (χ4n) is 2.23. The summed E-state index contributed by atoms with van der Waals surface area (Å²) >= 11 is 3.44. The molecule has 0 aliphatic carbocycles. The molecule has 0 saturated carbocycles. The number of para-hydroxylation sites is 1. The largest absolute Gasteiger partial charge is 0.459 e. The Labute approximate surface area is 125 Å². The van der Waals surface area contributed by atoms with Gasteiger partial charge in [-0.25, -0.2) is 0 Å². The normalized spacial score (nSPS) is 12.8. The first-order chi connectivity index (χ1) is 9.69. The van der Waals surface area contributed by atoms with E-state index in [-0.39, 0.29) is 6.04 Å². The van der Waals surface area contributed by atoms with E-state index < -0.39 is 0 Å². The molecule has 102 valence electrons. The molecule has 0 aliphatic rings. The van der Waals surface area contributed by atoms with Gasteiger partial charge >= 0.3 is 0 Å². The minimum absolute atomic E-state index is 0.0548. The van der Waals surface area contributed by atoms with E-state index in [0.29, 0.717) is 0 Å². The number of benzene rings is 1. The van der Waals surface area contributed by atoms with E-state index >= 15 is 0 Å². The van der Waals surface area contributed by atoms with Gasteiger partial charge in [0.05, 0.1) is 11.6 Å². The summed E-state index contributed by atoms with van der Waals surface area (Å²) in [5.74, 6) is 1.63. The molecule has 20 heavy (non-hydrogen) atoms. The second-order valence-electron chi connectivity index (χ2n) is 4.75. The molecule has 0 bridgehead atoms. The number of nitrogens with two attached hydrogens (primary N) is 1. The van der Waals surface area contributed by atoms with Gasteiger partial charge in [-0.2, -0.15) is 0 Å². The zero-order valence-corrected chi connectivity index (χ0v) is 12.7. The molecule has 0 fully saturated rings. The van der Waals surface area contributed by atoms with E-state index in [4.69, 9.17) is 10.2 Å². The SMILES string of the molecule is CCC(N)c1ccc(-c2cccc3cc(Br)cnc23)o1. The van der Waals surface area contributed by atoms with Gasteiger partial charge in [0.25, 0.3) is 0 Å². The minimum Gasteiger partial charge on any atom is -0.459 e. The number of fused-ring (bicyclic) bond motifs is 1. The maximum absolute atomic E-state index is 6.00. The van der Waals surface area contributed by atoms with Gasteiger partial charge in [-0.15, -0.1) is 0 Å². The summed E-state index contributed by atoms with van der Waals surface area (Å²) in [5.41, 5.74) is 7.93. The monoisotopic (exact) mass is 330 g/mol. The first kappa shape index (κ1) is 13.3. The van der Waals surface area contributed by atoms with Crippen LogP contribution in [0.25, 0.3) is 22.2 Å². The van der Waals surface area contributed by atoms with Crippen LogP contribution in [0.2, 0.25) is 0 Å². The molecule has 4 heteroatoms. The Morgan fingerprint density at radius 1 is 1.30 bits per heavy atom. The summed E-state index contributed by atoms with van der Waals surface area (Å²) in [7, 11) is 0. The van der Waals surface area contributed by atoms with Crippen molar-refractivity contribution in [2.24, 2.45) is 5.73 Å². The summed E-state index contributed by atoms with van der Waals surface area (Å²) in [6.45, 7) is 2.05. The topological polar surface area (TPSA) is 52.0 Å². The molecule has 3 rings (SSSR count). The van der Waals surface area contributed by atoms with E-state index in [2.05, 4.69) is 20.9 Å². The molecular weight excluding hydrogens is 316 g/mol. The van der Waals surface area contributed by atoms with Crippen LogP contribution in [0, 0.1) is 0 Å². The van der Waals surface area contributed by atoms with Gasteiger partial charge in [0, 0.05) is 21.6 Å². The molecule has 2 N–H and O–H groups in total. The summed E-state index contributed by atoms with van der Waals surface area (Å²) in [6, 6.07) is 12.0. The van der Waals surface area contributed by atoms with Crippen molar-refractivity contribution in [2.45, 2.75) is 19.4 Å². The lowest BCUT2D eigenvalue weighted by Crippen LogP contribution is -2.06. The number of halogens is 1. The van der Waals surface area contributed by atoms with Crippen LogP contribution < -0.4 is 5.73 Å². The molecule has 0 spiro atoms. The Morgan fingerprint density at radius 3 is 2.95 bits per heavy atom. The molecule has 2 aromatic heterocycles. The molecular formula is C16H15BrN2O. The Balaban J connectivity index is 2.12. The Morgan fingerprint density at radius 2 is 2.15 bits per heavy atom. The van der Waals surface area contributed by atoms with Gasteiger partial charge in [-0.1, -0.05) is 19.1 Å². The molecule has 0 saturated heterocycles. The van der Waals surface area contributed by atoms with Crippen molar-refractivity contribution in [3.63, 3.8) is 0 Å². The number of pyridine rings is 1. The third-order valence-electron chi connectivity index (χ3n) is 3.38. The van der Waals surface area contributed by atoms with E-state index in [1.165, 1.54) is 0 Å². The fraction of sp³-hybridized carbons (Fsp3) is 0.188. The first-order valence-corrected chi connectivity index (χ1v) is 7.38. The molecule has 1 unspecified atom stereocenters. The number of hydrogen-bond donors (Lipinski definition) is 1. The van der Waals surface area contributed by atoms with Gasteiger partial charge in [-0.3, -0.25) is 4.98 Å². The average Bonchev–Trinajstić information content (AvgIpc) is 2.95. The third-order valence-corrected chi connectivity index (χ3v) is 3.81. The van der Waals surface area contributed by atoms with E-state index in [1.54, 1.807) is 6.20 Å². The van der Waals surface area contributed by atoms with Gasteiger partial charge in [-0.05, 0) is 46.6 Å². The maximum Gasteiger partial charge on any atom is 0.136 e. The number of hydrogen-bond acceptors (Lipinski definition) is 3. The smallest absolute Gasteiger partial charge is 0.136 e. The summed E-state index contributed by atoms with van der Waals surface area (Å²) in [4.78, 5) is 4.49. The Bertz CT molecular complexity index is 751. The van der Waals surface area contributed by atoms with E-state index in [0.717, 1.165) is 38.9 Å². The van der Waals surface area contributed by atoms with E-state index in [1.807, 2.05) is 43.3 Å². The molecule has 0 radical (unpaired) electrons. The predicted octanol–water partition coefficient (Wildman–Crippen LogP) is 4.67. The zero-order valence-electron chi connectivity index (χ0n) is 11.1. The van der Waals surface area contributed by atoms with Crippen molar-refractivity contribution >= 4 is 26.8 Å². The second-order valence-corrected chi connectivity index (χ2v) is 5.66. The molecule has 0 aliphatic heterocycles. The van der Waals surface area contributed by atoms with Crippen molar-refractivity contribution in [1.82, 2.24) is 4.98 Å². The zero-order chi connectivity index (χ0) is 14.1. The standard InChI is InChI=1S/C16H15BrN2O/c1-2-13(18)15-7-6-14(20-15)12-5-3-4-10-8-11(17)9-19-16(10)12/h3-9,13H,2,18H2,1H3. The summed E-state index contributed by atoms with van der Waals surface area (Å²) in [5, 5.41) is 1.08. The highest BCUT2D eigenvalue weighted by Gasteiger charge is 2.12. The molecule has 2 heterocycles. The van der Waals surface area contributed by atoms with Crippen LogP contribution in [0.5, 0.6) is 0 Å². The highest BCUT2D eigenvalue weighted by molar-refractivity contribution is 9.10. The average molecular weight is 331 g/mol. The van der Waals surface area contributed by atoms with Gasteiger partial charge in [0.2, 0.25) is 0 Å². The maximum atomic E-state index is 6.00. The predicted molar refractivity (Wildman–Crippen MR) is 84.4 cm³/mol. The lowest BCUT2D eigenvalue weighted by atomic mass is 10.1. The number of nitrogens with zero attached hydrogens (tertiary/aromatic N) is 1. The van der Waals surface area contributed by atoms with Crippen molar-refractivity contribution < 1.29 is 4.42 Å². The van der Waals surface area contributed by atoms with Crippen LogP contribution in [0.4, 0.5) is 0 Å². The molecule has 0 amide bonds. The summed E-state index contributed by atoms with van der Waals surface area (Å²) in [6.07, 6.45) is 2.65. The van der Waals surface area contributed by atoms with Crippen molar-refractivity contribution in [3.8, 4) is 11.3 Å². The minimum atomic E-state index is -0.0548. The van der Waals surface area contributed by atoms with Crippen LogP contribution in [0.3, 0.4) is 0 Å². The van der Waals surface area contributed by atoms with Gasteiger partial charge in [0.15, 0.2) is 0 Å². The molecule has 1 atom stereocenters. The van der Waals surface area contributed by atoms with Crippen LogP contribution in [-0.2, 0) is 0 Å². The fourth-order valence-corrected chi connectivity index (χ4v) is 2.58. The molecule has 3 aromatic rings. The molecule has 1 aromatic carbocycles.